The molecule has 3 heterocycles. The van der Waals surface area contributed by atoms with E-state index in [1.807, 2.05) is 66.5 Å². The summed E-state index contributed by atoms with van der Waals surface area (Å²) in [5.41, 5.74) is 2.32. The lowest BCUT2D eigenvalue weighted by molar-refractivity contribution is -0.142. The van der Waals surface area contributed by atoms with Crippen LogP contribution in [0.25, 0.3) is 11.1 Å². The summed E-state index contributed by atoms with van der Waals surface area (Å²) >= 11 is 0. The molecule has 1 atom stereocenters. The summed E-state index contributed by atoms with van der Waals surface area (Å²) in [6, 6.07) is 16.5. The minimum Gasteiger partial charge on any atom is -0.381 e. The van der Waals surface area contributed by atoms with Crippen LogP contribution < -0.4 is 4.90 Å². The van der Waals surface area contributed by atoms with Gasteiger partial charge in [-0.1, -0.05) is 48.5 Å². The number of nitrogens with zero attached hydrogens (tertiary/aromatic N) is 4. The fraction of sp³-hybridized carbons (Fsp3) is 0.393. The topological polar surface area (TPSA) is 58.6 Å². The van der Waals surface area contributed by atoms with Crippen molar-refractivity contribution in [2.75, 3.05) is 38.8 Å². The summed E-state index contributed by atoms with van der Waals surface area (Å²) in [7, 11) is 3.82. The maximum absolute atomic E-state index is 15.1. The minimum absolute atomic E-state index is 0.0302. The molecule has 0 aliphatic carbocycles. The molecular weight excluding hydrogens is 443 g/mol. The zero-order chi connectivity index (χ0) is 24.4. The molecule has 1 aromatic heterocycles. The molecule has 2 aliphatic rings. The Balaban J connectivity index is 1.59. The van der Waals surface area contributed by atoms with E-state index in [0.717, 1.165) is 29.7 Å². The molecular formula is C28H31FN4O2. The molecule has 6 nitrogen and oxygen atoms in total. The molecule has 0 bridgehead atoms. The number of hydrogen-bond acceptors (Lipinski definition) is 5. The zero-order valence-electron chi connectivity index (χ0n) is 20.3. The number of carbonyl (C=O) groups excluding carboxylic acids is 1. The number of halogens is 1. The largest absolute Gasteiger partial charge is 0.381 e. The fourth-order valence-corrected chi connectivity index (χ4v) is 5.43. The van der Waals surface area contributed by atoms with Gasteiger partial charge in [0.2, 0.25) is 11.9 Å². The van der Waals surface area contributed by atoms with Crippen LogP contribution in [0.2, 0.25) is 0 Å². The molecule has 5 rings (SSSR count). The molecule has 0 saturated carbocycles. The van der Waals surface area contributed by atoms with Crippen molar-refractivity contribution in [3.63, 3.8) is 0 Å². The highest BCUT2D eigenvalue weighted by Crippen LogP contribution is 2.44. The van der Waals surface area contributed by atoms with Crippen molar-refractivity contribution in [3.8, 4) is 11.1 Å². The van der Waals surface area contributed by atoms with Crippen molar-refractivity contribution in [1.82, 2.24) is 14.9 Å². The maximum atomic E-state index is 15.1. The molecule has 2 aromatic carbocycles. The van der Waals surface area contributed by atoms with Crippen molar-refractivity contribution in [2.24, 2.45) is 0 Å². The first-order valence-corrected chi connectivity index (χ1v) is 12.2. The van der Waals surface area contributed by atoms with Crippen LogP contribution in [0, 0.1) is 5.82 Å². The van der Waals surface area contributed by atoms with Crippen LogP contribution in [-0.4, -0.2) is 54.6 Å². The van der Waals surface area contributed by atoms with Gasteiger partial charge >= 0.3 is 0 Å². The van der Waals surface area contributed by atoms with Gasteiger partial charge in [-0.15, -0.1) is 0 Å². The van der Waals surface area contributed by atoms with Gasteiger partial charge in [0, 0.05) is 51.2 Å². The second kappa shape index (κ2) is 9.74. The van der Waals surface area contributed by atoms with Gasteiger partial charge in [-0.25, -0.2) is 14.4 Å². The Morgan fingerprint density at radius 3 is 2.51 bits per heavy atom. The molecule has 2 saturated heterocycles. The van der Waals surface area contributed by atoms with E-state index in [1.54, 1.807) is 12.1 Å². The molecule has 0 spiro atoms. The second-order valence-electron chi connectivity index (χ2n) is 9.56. The number of carbonyl (C=O) groups is 1. The minimum atomic E-state index is -0.934. The number of rotatable bonds is 5. The summed E-state index contributed by atoms with van der Waals surface area (Å²) in [6.07, 6.45) is 4.46. The Hall–Kier alpha value is -3.32. The highest BCUT2D eigenvalue weighted by Gasteiger charge is 2.48. The average Bonchev–Trinajstić information content (AvgIpc) is 3.39. The van der Waals surface area contributed by atoms with E-state index in [-0.39, 0.29) is 17.8 Å². The van der Waals surface area contributed by atoms with Gasteiger partial charge in [0.1, 0.15) is 5.82 Å². The Kier molecular flexibility index (Phi) is 6.52. The van der Waals surface area contributed by atoms with Gasteiger partial charge in [-0.3, -0.25) is 4.79 Å². The first-order valence-electron chi connectivity index (χ1n) is 12.2. The molecule has 1 amide bonds. The van der Waals surface area contributed by atoms with E-state index in [9.17, 15) is 4.79 Å². The monoisotopic (exact) mass is 474 g/mol. The number of likely N-dealkylation sites (tertiary alicyclic amines) is 1. The van der Waals surface area contributed by atoms with Crippen LogP contribution >= 0.6 is 0 Å². The van der Waals surface area contributed by atoms with Crippen molar-refractivity contribution in [3.05, 3.63) is 77.9 Å². The Bertz CT molecular complexity index is 1190. The van der Waals surface area contributed by atoms with Crippen LogP contribution in [0.1, 0.15) is 43.0 Å². The zero-order valence-corrected chi connectivity index (χ0v) is 20.3. The third-order valence-electron chi connectivity index (χ3n) is 7.26. The summed E-state index contributed by atoms with van der Waals surface area (Å²) in [6.45, 7) is 1.49. The Morgan fingerprint density at radius 2 is 1.80 bits per heavy atom. The van der Waals surface area contributed by atoms with Crippen molar-refractivity contribution in [1.29, 1.82) is 0 Å². The van der Waals surface area contributed by atoms with Gasteiger partial charge < -0.3 is 14.5 Å². The van der Waals surface area contributed by atoms with E-state index in [2.05, 4.69) is 4.98 Å². The first-order chi connectivity index (χ1) is 17.0. The van der Waals surface area contributed by atoms with Crippen LogP contribution in [-0.2, 0) is 14.9 Å². The molecule has 35 heavy (non-hydrogen) atoms. The molecule has 0 unspecified atom stereocenters. The smallest absolute Gasteiger partial charge is 0.234 e. The second-order valence-corrected chi connectivity index (χ2v) is 9.56. The molecule has 182 valence electrons. The summed E-state index contributed by atoms with van der Waals surface area (Å²) < 4.78 is 20.7. The Morgan fingerprint density at radius 1 is 1.09 bits per heavy atom. The van der Waals surface area contributed by atoms with Crippen LogP contribution in [0.5, 0.6) is 0 Å². The molecule has 2 aliphatic heterocycles. The normalized spacial score (nSPS) is 19.5. The lowest BCUT2D eigenvalue weighted by Crippen LogP contribution is -2.50. The number of anilines is 1. The molecule has 2 fully saturated rings. The molecule has 0 radical (unpaired) electrons. The van der Waals surface area contributed by atoms with Gasteiger partial charge in [-0.2, -0.15) is 0 Å². The fourth-order valence-electron chi connectivity index (χ4n) is 5.43. The number of benzene rings is 2. The average molecular weight is 475 g/mol. The van der Waals surface area contributed by atoms with E-state index in [1.165, 1.54) is 6.07 Å². The predicted molar refractivity (Wildman–Crippen MR) is 134 cm³/mol. The first kappa shape index (κ1) is 23.4. The summed E-state index contributed by atoms with van der Waals surface area (Å²) in [5.74, 6) is 0.242. The van der Waals surface area contributed by atoms with Crippen molar-refractivity contribution < 1.29 is 13.9 Å². The van der Waals surface area contributed by atoms with E-state index >= 15 is 4.39 Å². The lowest BCUT2D eigenvalue weighted by atomic mass is 9.72. The summed E-state index contributed by atoms with van der Waals surface area (Å²) in [4.78, 5) is 27.7. The third-order valence-corrected chi connectivity index (χ3v) is 7.26. The van der Waals surface area contributed by atoms with Gasteiger partial charge in [0.05, 0.1) is 17.2 Å². The Labute approximate surface area is 205 Å². The number of hydrogen-bond donors (Lipinski definition) is 0. The van der Waals surface area contributed by atoms with E-state index < -0.39 is 5.41 Å². The highest BCUT2D eigenvalue weighted by molar-refractivity contribution is 5.89. The third kappa shape index (κ3) is 4.29. The van der Waals surface area contributed by atoms with Gasteiger partial charge in [0.25, 0.3) is 0 Å². The molecule has 7 heteroatoms. The number of ether oxygens (including phenoxy) is 1. The lowest BCUT2D eigenvalue weighted by Gasteiger charge is -2.41. The van der Waals surface area contributed by atoms with Crippen molar-refractivity contribution in [2.45, 2.75) is 37.1 Å². The van der Waals surface area contributed by atoms with Crippen molar-refractivity contribution >= 4 is 11.9 Å². The molecule has 3 aromatic rings. The van der Waals surface area contributed by atoms with E-state index in [0.29, 0.717) is 44.1 Å². The van der Waals surface area contributed by atoms with Gasteiger partial charge in [-0.05, 0) is 37.3 Å². The van der Waals surface area contributed by atoms with Crippen LogP contribution in [0.15, 0.2) is 60.8 Å². The summed E-state index contributed by atoms with van der Waals surface area (Å²) in [5, 5.41) is 0. The standard InChI is InChI=1S/C28H31FN4O2/c1-32(2)27-30-19-21(20-9-4-3-5-10-20)25(31-27)24-13-8-16-33(24)26(34)28(14-17-35-18-15-28)22-11-6-7-12-23(22)29/h3-7,9-12,19,24H,8,13-18H2,1-2H3/t24-/m0/s1. The maximum Gasteiger partial charge on any atom is 0.234 e. The highest BCUT2D eigenvalue weighted by atomic mass is 19.1. The number of aromatic nitrogens is 2. The van der Waals surface area contributed by atoms with Crippen LogP contribution in [0.3, 0.4) is 0 Å². The quantitative estimate of drug-likeness (QED) is 0.534. The SMILES string of the molecule is CN(C)c1ncc(-c2ccccc2)c([C@@H]2CCCN2C(=O)C2(c3ccccc3F)CCOCC2)n1. The van der Waals surface area contributed by atoms with E-state index in [4.69, 9.17) is 9.72 Å². The van der Waals surface area contributed by atoms with Crippen LogP contribution in [0.4, 0.5) is 10.3 Å². The van der Waals surface area contributed by atoms with Gasteiger partial charge in [0.15, 0.2) is 0 Å². The predicted octanol–water partition coefficient (Wildman–Crippen LogP) is 4.76. The number of amides is 1. The molecule has 0 N–H and O–H groups in total.